The van der Waals surface area contributed by atoms with Gasteiger partial charge in [-0.25, -0.2) is 4.79 Å². The number of likely N-dealkylation sites (tertiary alicyclic amines) is 1. The molecule has 2 aliphatic rings. The quantitative estimate of drug-likeness (QED) is 0.00964. The average Bonchev–Trinajstić information content (AvgIpc) is 1.66. The van der Waals surface area contributed by atoms with Gasteiger partial charge >= 0.3 is 6.03 Å². The number of piperidine rings is 1. The molecule has 5 aromatic carbocycles. The molecule has 0 radical (unpaired) electrons. The number of fused-ring (bicyclic) bond motifs is 1. The smallest absolute Gasteiger partial charge is 0.322 e. The number of amides is 12. The summed E-state index contributed by atoms with van der Waals surface area (Å²) in [6, 6.07) is 29.4. The normalized spacial score (nSPS) is 16.3. The number of benzene rings is 5. The second-order valence-electron chi connectivity index (χ2n) is 31.9. The van der Waals surface area contributed by atoms with Crippen LogP contribution in [0.25, 0.3) is 10.8 Å². The maximum Gasteiger partial charge on any atom is 0.322 e. The van der Waals surface area contributed by atoms with E-state index in [9.17, 15) is 38.4 Å². The van der Waals surface area contributed by atoms with Gasteiger partial charge < -0.3 is 57.5 Å². The first-order valence-corrected chi connectivity index (χ1v) is 50.3. The Balaban J connectivity index is 1.13. The van der Waals surface area contributed by atoms with Gasteiger partial charge in [-0.1, -0.05) is 175 Å². The summed E-state index contributed by atoms with van der Waals surface area (Å²) >= 11 is 6.33. The Kier molecular flexibility index (Phi) is 39.6. The number of nitrogens with zero attached hydrogens (tertiary/aromatic N) is 2. The minimum absolute atomic E-state index is 0.0177. The summed E-state index contributed by atoms with van der Waals surface area (Å²) in [5.41, 5.74) is 9.31. The molecule has 11 N–H and O–H groups in total. The zero-order chi connectivity index (χ0) is 87.1. The number of urea groups is 1. The van der Waals surface area contributed by atoms with Crippen LogP contribution in [0.15, 0.2) is 140 Å². The molecule has 6 aromatic rings. The Morgan fingerprint density at radius 1 is 0.575 bits per heavy atom. The van der Waals surface area contributed by atoms with E-state index in [1.54, 1.807) is 104 Å². The zero-order valence-corrected chi connectivity index (χ0v) is 75.7. The first kappa shape index (κ1) is 97.0. The molecule has 0 spiro atoms. The van der Waals surface area contributed by atoms with Crippen LogP contribution in [-0.2, 0) is 99.0 Å². The minimum Gasteiger partial charge on any atom is -0.368 e. The van der Waals surface area contributed by atoms with Gasteiger partial charge in [-0.2, -0.15) is 0 Å². The Morgan fingerprint density at radius 3 is 1.69 bits per heavy atom. The highest BCUT2D eigenvalue weighted by Crippen LogP contribution is 2.66. The molecule has 27 nitrogen and oxygen atoms in total. The molecule has 120 heavy (non-hydrogen) atoms. The number of nitrogens with one attached hydrogen (secondary N) is 9. The molecule has 0 saturated carbocycles. The standard InChI is InChI=1S/C86H113ClN12O15P6/c1-50(2)14-8-7-9-18-68(85(112)99-35-13-19-72(99)84(111)90-53(6)78(88)105)93-81(108)61(36-51(3)4)43-73(100)70(42-56-25-32-67(33-26-56)92-86(113)98-118-115)95-82(109)62(38-54-23-30-66(31-24-54)91-80(107)64-46-76(103)97-77(104)47-64)45-75(102)71(49-114-120(117)119-116)96-83(110)63(40-58-15-12-34-89-48-58)44-74(101)69(41-55-21-28-65(87)29-22-55)94-79(106)52(5)37-57-20-27-59-16-10-11-17-60(59)39-57/h10-12,15-17,20-34,39,48,50-53,61-64,68-72,118-119H,7-9,13-14,18-19,35-38,40-47,49,115-117H2,1-6H3,(H2,88,105)(H,90,111)(H,91,107)(H,93,108)(H,94,106)(H,95,109)(H,96,110)(H2,92,98,113)(H,97,103,104)/t52-,53-,61-,62-,63+,68+,69-,70-,71+,72+,120?/m1/s1. The molecular formula is C86H113ClN12O15P6. The number of rotatable bonds is 47. The molecule has 3 heterocycles. The molecule has 12 amide bonds. The van der Waals surface area contributed by atoms with Crippen LogP contribution in [0.2, 0.25) is 5.02 Å². The monoisotopic (exact) mass is 1770 g/mol. The van der Waals surface area contributed by atoms with Crippen molar-refractivity contribution < 1.29 is 71.6 Å². The number of ketones is 3. The number of Topliss-reactive ketones (excluding diaryl/α,β-unsaturated/α-hetero) is 3. The first-order chi connectivity index (χ1) is 57.3. The second-order valence-corrected chi connectivity index (χ2v) is 42.2. The number of nitrogens with two attached hydrogens (primary N) is 1. The summed E-state index contributed by atoms with van der Waals surface area (Å²) in [6.07, 6.45) is 5.31. The summed E-state index contributed by atoms with van der Waals surface area (Å²) in [4.78, 5) is 205. The number of unbranched alkanes of at least 4 members (excludes halogenated alkanes) is 2. The lowest BCUT2D eigenvalue weighted by Gasteiger charge is -2.30. The van der Waals surface area contributed by atoms with Crippen molar-refractivity contribution in [3.63, 3.8) is 0 Å². The van der Waals surface area contributed by atoms with E-state index in [0.717, 1.165) is 35.6 Å². The maximum atomic E-state index is 15.9. The third-order valence-corrected chi connectivity index (χ3v) is 30.9. The number of carbonyl (C=O) groups excluding carboxylic acids is 14. The molecule has 644 valence electrons. The third kappa shape index (κ3) is 31.8. The van der Waals surface area contributed by atoms with E-state index < -0.39 is 182 Å². The summed E-state index contributed by atoms with van der Waals surface area (Å²) in [5, 5.41) is 27.4. The third-order valence-electron chi connectivity index (χ3n) is 21.3. The van der Waals surface area contributed by atoms with Gasteiger partial charge in [0.1, 0.15) is 24.2 Å². The lowest BCUT2D eigenvalue weighted by atomic mass is 9.87. The van der Waals surface area contributed by atoms with Crippen LogP contribution >= 0.6 is 62.3 Å². The number of halogens is 1. The second kappa shape index (κ2) is 49.0. The van der Waals surface area contributed by atoms with E-state index in [-0.39, 0.29) is 85.9 Å². The predicted molar refractivity (Wildman–Crippen MR) is 481 cm³/mol. The molecular weight excluding hydrogens is 1660 g/mol. The highest BCUT2D eigenvalue weighted by Gasteiger charge is 2.41. The van der Waals surface area contributed by atoms with Crippen molar-refractivity contribution in [2.75, 3.05) is 23.8 Å². The zero-order valence-electron chi connectivity index (χ0n) is 68.6. The molecule has 16 atom stereocenters. The number of carbonyl (C=O) groups is 14. The lowest BCUT2D eigenvalue weighted by Crippen LogP contribution is -2.56. The van der Waals surface area contributed by atoms with E-state index in [1.165, 1.54) is 11.8 Å². The highest BCUT2D eigenvalue weighted by molar-refractivity contribution is 8.59. The minimum atomic E-state index is -1.48. The molecule has 34 heteroatoms. The van der Waals surface area contributed by atoms with Crippen LogP contribution in [0.1, 0.15) is 153 Å². The topological polar surface area (TPSA) is 399 Å². The van der Waals surface area contributed by atoms with Gasteiger partial charge in [0.15, 0.2) is 17.3 Å². The highest BCUT2D eigenvalue weighted by atomic mass is 35.5. The van der Waals surface area contributed by atoms with Gasteiger partial charge in [-0.05, 0) is 174 Å². The Hall–Kier alpha value is -8.48. The van der Waals surface area contributed by atoms with E-state index in [1.807, 2.05) is 56.3 Å². The van der Waals surface area contributed by atoms with Crippen LogP contribution in [0, 0.1) is 41.4 Å². The first-order valence-electron chi connectivity index (χ1n) is 40.6. The fourth-order valence-corrected chi connectivity index (χ4v) is 17.2. The van der Waals surface area contributed by atoms with Gasteiger partial charge in [-0.15, -0.1) is 8.93 Å². The predicted octanol–water partition coefficient (Wildman–Crippen LogP) is 11.4. The Bertz CT molecular complexity index is 4540. The van der Waals surface area contributed by atoms with Crippen LogP contribution in [-0.4, -0.2) is 142 Å². The van der Waals surface area contributed by atoms with Crippen LogP contribution in [0.3, 0.4) is 0 Å². The molecule has 0 aliphatic carbocycles. The summed E-state index contributed by atoms with van der Waals surface area (Å²) in [6.45, 7) is 11.0. The van der Waals surface area contributed by atoms with Crippen molar-refractivity contribution >= 4 is 167 Å². The molecule has 6 unspecified atom stereocenters. The molecule has 0 bridgehead atoms. The van der Waals surface area contributed by atoms with Crippen molar-refractivity contribution in [1.82, 2.24) is 46.9 Å². The molecule has 8 rings (SSSR count). The van der Waals surface area contributed by atoms with Crippen LogP contribution in [0.4, 0.5) is 16.2 Å². The van der Waals surface area contributed by atoms with E-state index in [0.29, 0.717) is 64.6 Å². The molecule has 2 aliphatic heterocycles. The number of hydrogen-bond acceptors (Lipinski definition) is 16. The molecule has 1 aromatic heterocycles. The van der Waals surface area contributed by atoms with Crippen molar-refractivity contribution in [3.8, 4) is 0 Å². The SMILES string of the molecule is CC(C)CCCCC[C@H](NC(=O)[C@@H](CC(=O)[C@@H](Cc1ccc(NC(=O)NPP)cc1)NC(=O)[C@@H](CC(=O)[C@H](COP(P)PP)NC(=O)[C@H](CC(=O)[C@@H](Cc1ccc(Cl)cc1)NC(=O)[C@H](C)Cc1ccc2ccccc2c1)Cc1cccnc1)Cc1ccc(NC(=O)C2CC(=O)NC(=O)C2)cc1)CC(C)C)C(=O)N1CCC[C@H]1C(=O)N[C@H](C)C(N)=O. The summed E-state index contributed by atoms with van der Waals surface area (Å²) in [7, 11) is 6.54. The fourth-order valence-electron chi connectivity index (χ4n) is 14.7. The Morgan fingerprint density at radius 2 is 1.11 bits per heavy atom. The van der Waals surface area contributed by atoms with E-state index in [4.69, 9.17) is 21.9 Å². The van der Waals surface area contributed by atoms with Gasteiger partial charge in [0.25, 0.3) is 0 Å². The van der Waals surface area contributed by atoms with Gasteiger partial charge in [-0.3, -0.25) is 72.6 Å². The summed E-state index contributed by atoms with van der Waals surface area (Å²) in [5.74, 6) is -12.9. The van der Waals surface area contributed by atoms with Crippen molar-refractivity contribution in [1.29, 1.82) is 0 Å². The lowest BCUT2D eigenvalue weighted by molar-refractivity contribution is -0.143. The number of aromatic nitrogens is 1. The molecule has 2 fully saturated rings. The van der Waals surface area contributed by atoms with Crippen molar-refractivity contribution in [2.24, 2.45) is 47.2 Å². The summed E-state index contributed by atoms with van der Waals surface area (Å²) < 4.78 is 6.30. The average molecular weight is 1780 g/mol. The largest absolute Gasteiger partial charge is 0.368 e. The number of imide groups is 1. The van der Waals surface area contributed by atoms with Crippen LogP contribution < -0.4 is 53.4 Å². The van der Waals surface area contributed by atoms with Gasteiger partial charge in [0, 0.05) is 91.1 Å². The fraction of sp³-hybridized carbons (Fsp3) is 0.453. The number of pyridine rings is 1. The van der Waals surface area contributed by atoms with Crippen molar-refractivity contribution in [2.45, 2.75) is 193 Å². The van der Waals surface area contributed by atoms with E-state index >= 15 is 28.8 Å². The number of primary amides is 1. The van der Waals surface area contributed by atoms with Gasteiger partial charge in [0.05, 0.1) is 32.1 Å². The maximum absolute atomic E-state index is 15.9. The van der Waals surface area contributed by atoms with Crippen molar-refractivity contribution in [3.05, 3.63) is 173 Å². The van der Waals surface area contributed by atoms with Gasteiger partial charge in [0.2, 0.25) is 59.1 Å². The van der Waals surface area contributed by atoms with E-state index in [2.05, 4.69) is 93.2 Å². The Labute approximate surface area is 718 Å². The number of hydrogen-bond donors (Lipinski definition) is 10. The molecule has 2 saturated heterocycles. The van der Waals surface area contributed by atoms with Crippen LogP contribution in [0.5, 0.6) is 0 Å². The number of anilines is 2.